The maximum absolute atomic E-state index is 6.25. The number of benzene rings is 8. The first kappa shape index (κ1) is 31.0. The molecule has 0 saturated carbocycles. The number of hydrogen-bond acceptors (Lipinski definition) is 3. The Kier molecular flexibility index (Phi) is 6.38. The van der Waals surface area contributed by atoms with Gasteiger partial charge in [0.15, 0.2) is 0 Å². The fourth-order valence-corrected chi connectivity index (χ4v) is 9.28. The predicted octanol–water partition coefficient (Wildman–Crippen LogP) is 12.9. The van der Waals surface area contributed by atoms with Crippen LogP contribution in [0.1, 0.15) is 0 Å². The molecular weight excluding hydrogens is 691 g/mol. The van der Waals surface area contributed by atoms with E-state index in [1.165, 1.54) is 0 Å². The molecule has 0 amide bonds. The third-order valence-corrected chi connectivity index (χ3v) is 11.6. The van der Waals surface area contributed by atoms with Gasteiger partial charge in [-0.25, -0.2) is 0 Å². The second-order valence-corrected chi connectivity index (χ2v) is 14.4. The van der Waals surface area contributed by atoms with Crippen LogP contribution in [0, 0.1) is 0 Å². The number of rotatable bonds is 5. The van der Waals surface area contributed by atoms with Crippen molar-refractivity contribution < 1.29 is 13.9 Å². The minimum atomic E-state index is 0.866. The van der Waals surface area contributed by atoms with Gasteiger partial charge in [0.05, 0.1) is 47.3 Å². The molecule has 12 aromatic rings. The molecule has 12 rings (SSSR count). The lowest BCUT2D eigenvalue weighted by molar-refractivity contribution is 0.420. The van der Waals surface area contributed by atoms with Crippen molar-refractivity contribution in [3.8, 4) is 28.6 Å². The lowest BCUT2D eigenvalue weighted by Gasteiger charge is -2.11. The Hall–Kier alpha value is -7.44. The van der Waals surface area contributed by atoms with Crippen molar-refractivity contribution >= 4 is 87.4 Å². The molecule has 4 heterocycles. The first-order valence-corrected chi connectivity index (χ1v) is 18.8. The summed E-state index contributed by atoms with van der Waals surface area (Å²) in [6.45, 7) is 0. The van der Waals surface area contributed by atoms with E-state index in [4.69, 9.17) is 13.9 Å². The zero-order valence-corrected chi connectivity index (χ0v) is 30.7. The van der Waals surface area contributed by atoms with Crippen LogP contribution >= 0.6 is 0 Å². The van der Waals surface area contributed by atoms with Gasteiger partial charge in [-0.1, -0.05) is 66.7 Å². The minimum Gasteiger partial charge on any atom is -0.496 e. The Morgan fingerprint density at radius 1 is 0.339 bits per heavy atom. The molecule has 0 atom stereocenters. The van der Waals surface area contributed by atoms with Gasteiger partial charge in [0, 0.05) is 60.2 Å². The van der Waals surface area contributed by atoms with Crippen molar-refractivity contribution in [3.05, 3.63) is 164 Å². The van der Waals surface area contributed by atoms with E-state index < -0.39 is 0 Å². The highest BCUT2D eigenvalue weighted by atomic mass is 16.5. The standard InChI is InChI=1S/C50H33N3O3/c1-54-47-19-9-16-43-49(47)34-12-3-6-14-39(34)52(43)30-21-24-41-36(27-30)37-28-31(53-40-15-7-4-13-35(40)50-44(53)17-10-20-48(50)55-2)22-25-42(37)51(41)32-23-26-46-38(29-32)33-11-5-8-18-45(33)56-46/h3-29H,1-2H3. The van der Waals surface area contributed by atoms with E-state index in [1.54, 1.807) is 14.2 Å². The summed E-state index contributed by atoms with van der Waals surface area (Å²) >= 11 is 0. The minimum absolute atomic E-state index is 0.866. The Morgan fingerprint density at radius 2 is 0.750 bits per heavy atom. The van der Waals surface area contributed by atoms with Gasteiger partial charge < -0.3 is 27.6 Å². The van der Waals surface area contributed by atoms with Crippen LogP contribution < -0.4 is 9.47 Å². The van der Waals surface area contributed by atoms with Gasteiger partial charge in [0.1, 0.15) is 22.7 Å². The number of aromatic nitrogens is 3. The van der Waals surface area contributed by atoms with Crippen LogP contribution in [0.4, 0.5) is 0 Å². The summed E-state index contributed by atoms with van der Waals surface area (Å²) in [6, 6.07) is 58.3. The van der Waals surface area contributed by atoms with E-state index in [0.29, 0.717) is 0 Å². The van der Waals surface area contributed by atoms with Gasteiger partial charge >= 0.3 is 0 Å². The molecule has 6 heteroatoms. The van der Waals surface area contributed by atoms with Crippen molar-refractivity contribution in [2.45, 2.75) is 0 Å². The summed E-state index contributed by atoms with van der Waals surface area (Å²) in [4.78, 5) is 0. The summed E-state index contributed by atoms with van der Waals surface area (Å²) in [5.41, 5.74) is 11.7. The zero-order chi connectivity index (χ0) is 37.1. The van der Waals surface area contributed by atoms with E-state index in [9.17, 15) is 0 Å². The molecule has 0 aliphatic rings. The maximum Gasteiger partial charge on any atom is 0.135 e. The SMILES string of the molecule is COc1cccc2c1c1ccccc1n2-c1ccc2c(c1)c1cc(-n3c4ccccc4c4c(OC)cccc43)ccc1n2-c1ccc2oc3ccccc3c2c1. The monoisotopic (exact) mass is 723 g/mol. The lowest BCUT2D eigenvalue weighted by Crippen LogP contribution is -1.96. The molecule has 266 valence electrons. The van der Waals surface area contributed by atoms with Gasteiger partial charge in [0.2, 0.25) is 0 Å². The highest BCUT2D eigenvalue weighted by Crippen LogP contribution is 2.43. The van der Waals surface area contributed by atoms with Crippen molar-refractivity contribution in [2.75, 3.05) is 14.2 Å². The molecule has 0 saturated heterocycles. The molecule has 0 spiro atoms. The highest BCUT2D eigenvalue weighted by Gasteiger charge is 2.21. The number of fused-ring (bicyclic) bond motifs is 12. The molecule has 0 bridgehead atoms. The molecule has 0 aliphatic carbocycles. The number of hydrogen-bond donors (Lipinski definition) is 0. The van der Waals surface area contributed by atoms with E-state index in [-0.39, 0.29) is 0 Å². The van der Waals surface area contributed by atoms with Crippen LogP contribution in [-0.2, 0) is 0 Å². The fourth-order valence-electron chi connectivity index (χ4n) is 9.28. The number of methoxy groups -OCH3 is 2. The fraction of sp³-hybridized carbons (Fsp3) is 0.0400. The van der Waals surface area contributed by atoms with Gasteiger partial charge in [0.25, 0.3) is 0 Å². The molecular formula is C50H33N3O3. The van der Waals surface area contributed by atoms with Crippen LogP contribution in [0.5, 0.6) is 11.5 Å². The predicted molar refractivity (Wildman–Crippen MR) is 230 cm³/mol. The molecule has 0 aliphatic heterocycles. The quantitative estimate of drug-likeness (QED) is 0.178. The Bertz CT molecular complexity index is 3400. The first-order chi connectivity index (χ1) is 27.7. The highest BCUT2D eigenvalue weighted by molar-refractivity contribution is 6.16. The van der Waals surface area contributed by atoms with Crippen molar-refractivity contribution in [2.24, 2.45) is 0 Å². The Labute approximate surface area is 320 Å². The largest absolute Gasteiger partial charge is 0.496 e. The molecule has 8 aromatic carbocycles. The lowest BCUT2D eigenvalue weighted by atomic mass is 10.1. The summed E-state index contributed by atoms with van der Waals surface area (Å²) in [5.74, 6) is 1.73. The van der Waals surface area contributed by atoms with Gasteiger partial charge in [-0.05, 0) is 97.1 Å². The van der Waals surface area contributed by atoms with Crippen molar-refractivity contribution in [3.63, 3.8) is 0 Å². The zero-order valence-electron chi connectivity index (χ0n) is 30.7. The smallest absolute Gasteiger partial charge is 0.135 e. The van der Waals surface area contributed by atoms with E-state index in [2.05, 4.69) is 153 Å². The summed E-state index contributed by atoms with van der Waals surface area (Å²) in [6.07, 6.45) is 0. The molecule has 56 heavy (non-hydrogen) atoms. The number of nitrogens with zero attached hydrogens (tertiary/aromatic N) is 3. The second-order valence-electron chi connectivity index (χ2n) is 14.4. The average Bonchev–Trinajstić information content (AvgIpc) is 3.99. The number of furan rings is 1. The van der Waals surface area contributed by atoms with Crippen LogP contribution in [0.2, 0.25) is 0 Å². The molecule has 0 N–H and O–H groups in total. The molecule has 0 unspecified atom stereocenters. The maximum atomic E-state index is 6.25. The third kappa shape index (κ3) is 4.15. The van der Waals surface area contributed by atoms with E-state index in [0.717, 1.165) is 116 Å². The third-order valence-electron chi connectivity index (χ3n) is 11.6. The number of para-hydroxylation sites is 3. The van der Waals surface area contributed by atoms with Crippen LogP contribution in [-0.4, -0.2) is 27.9 Å². The van der Waals surface area contributed by atoms with Crippen molar-refractivity contribution in [1.82, 2.24) is 13.7 Å². The summed E-state index contributed by atoms with van der Waals surface area (Å²) in [7, 11) is 3.49. The normalized spacial score (nSPS) is 12.1. The number of ether oxygens (including phenoxy) is 2. The molecule has 0 fully saturated rings. The summed E-state index contributed by atoms with van der Waals surface area (Å²) < 4.78 is 25.2. The topological polar surface area (TPSA) is 46.4 Å². The van der Waals surface area contributed by atoms with Gasteiger partial charge in [-0.15, -0.1) is 0 Å². The Balaban J connectivity index is 1.18. The van der Waals surface area contributed by atoms with Crippen molar-refractivity contribution in [1.29, 1.82) is 0 Å². The van der Waals surface area contributed by atoms with Crippen LogP contribution in [0.25, 0.3) is 104 Å². The average molecular weight is 724 g/mol. The molecule has 0 radical (unpaired) electrons. The first-order valence-electron chi connectivity index (χ1n) is 18.8. The van der Waals surface area contributed by atoms with Gasteiger partial charge in [-0.2, -0.15) is 0 Å². The Morgan fingerprint density at radius 3 is 1.30 bits per heavy atom. The molecule has 6 nitrogen and oxygen atoms in total. The van der Waals surface area contributed by atoms with E-state index in [1.807, 2.05) is 24.3 Å². The van der Waals surface area contributed by atoms with Crippen LogP contribution in [0.15, 0.2) is 168 Å². The van der Waals surface area contributed by atoms with Crippen LogP contribution in [0.3, 0.4) is 0 Å². The second kappa shape index (κ2) is 11.5. The molecule has 4 aromatic heterocycles. The van der Waals surface area contributed by atoms with E-state index >= 15 is 0 Å². The summed E-state index contributed by atoms with van der Waals surface area (Å²) in [5, 5.41) is 9.06. The van der Waals surface area contributed by atoms with Gasteiger partial charge in [-0.3, -0.25) is 0 Å².